The van der Waals surface area contributed by atoms with Gasteiger partial charge in [-0.1, -0.05) is 48.6 Å². The van der Waals surface area contributed by atoms with E-state index in [-0.39, 0.29) is 11.6 Å². The summed E-state index contributed by atoms with van der Waals surface area (Å²) < 4.78 is 0. The molecule has 16 heavy (non-hydrogen) atoms. The van der Waals surface area contributed by atoms with Crippen molar-refractivity contribution in [3.63, 3.8) is 0 Å². The number of allylic oxidation sites excluding steroid dienone is 4. The summed E-state index contributed by atoms with van der Waals surface area (Å²) in [5.41, 5.74) is -0.478. The van der Waals surface area contributed by atoms with E-state index in [0.29, 0.717) is 5.56 Å². The smallest absolute Gasteiger partial charge is 0.180 e. The largest absolute Gasteiger partial charge is 0.293 e. The topological polar surface area (TPSA) is 34.1 Å². The van der Waals surface area contributed by atoms with Gasteiger partial charge in [0.15, 0.2) is 11.6 Å². The number of ketones is 2. The minimum Gasteiger partial charge on any atom is -0.293 e. The molecule has 1 aliphatic carbocycles. The number of benzene rings is 1. The zero-order valence-electron chi connectivity index (χ0n) is 9.01. The zero-order chi connectivity index (χ0) is 11.6. The normalized spacial score (nSPS) is 23.4. The molecule has 80 valence electrons. The molecule has 0 aromatic heterocycles. The molecule has 2 nitrogen and oxygen atoms in total. The average Bonchev–Trinajstić information content (AvgIpc) is 2.33. The number of hydrogen-bond acceptors (Lipinski definition) is 2. The molecule has 2 rings (SSSR count). The van der Waals surface area contributed by atoms with Crippen molar-refractivity contribution in [3.8, 4) is 0 Å². The Morgan fingerprint density at radius 3 is 2.44 bits per heavy atom. The fourth-order valence-electron chi connectivity index (χ4n) is 1.72. The van der Waals surface area contributed by atoms with Gasteiger partial charge in [0.05, 0.1) is 0 Å². The zero-order valence-corrected chi connectivity index (χ0v) is 9.01. The Bertz CT molecular complexity index is 483. The molecular weight excluding hydrogens is 200 g/mol. The van der Waals surface area contributed by atoms with Gasteiger partial charge in [-0.3, -0.25) is 9.59 Å². The Hall–Kier alpha value is -1.96. The van der Waals surface area contributed by atoms with E-state index < -0.39 is 5.41 Å². The van der Waals surface area contributed by atoms with Crippen molar-refractivity contribution in [2.45, 2.75) is 6.92 Å². The first kappa shape index (κ1) is 10.6. The molecule has 1 aliphatic rings. The summed E-state index contributed by atoms with van der Waals surface area (Å²) in [4.78, 5) is 24.0. The lowest BCUT2D eigenvalue weighted by molar-refractivity contribution is -0.119. The minimum absolute atomic E-state index is 0.154. The lowest BCUT2D eigenvalue weighted by atomic mass is 9.76. The molecule has 0 fully saturated rings. The summed E-state index contributed by atoms with van der Waals surface area (Å²) in [6, 6.07) is 8.89. The minimum atomic E-state index is -1.05. The Morgan fingerprint density at radius 1 is 1.12 bits per heavy atom. The second-order valence-corrected chi connectivity index (χ2v) is 3.98. The summed E-state index contributed by atoms with van der Waals surface area (Å²) in [5, 5.41) is 0. The maximum absolute atomic E-state index is 12.2. The number of Topliss-reactive ketones (excluding diaryl/α,β-unsaturated/α-hetero) is 1. The second-order valence-electron chi connectivity index (χ2n) is 3.98. The standard InChI is InChI=1S/C14H12O2/c1-14(10-6-5-9-12(14)15)13(16)11-7-3-2-4-8-11/h2-10H,1H3. The van der Waals surface area contributed by atoms with Crippen LogP contribution in [0.3, 0.4) is 0 Å². The Balaban J connectivity index is 2.39. The monoisotopic (exact) mass is 212 g/mol. The van der Waals surface area contributed by atoms with Crippen LogP contribution in [0.2, 0.25) is 0 Å². The van der Waals surface area contributed by atoms with E-state index in [4.69, 9.17) is 0 Å². The summed E-state index contributed by atoms with van der Waals surface area (Å²) in [6.45, 7) is 1.66. The highest BCUT2D eigenvalue weighted by Gasteiger charge is 2.38. The number of hydrogen-bond donors (Lipinski definition) is 0. The number of carbonyl (C=O) groups is 2. The van der Waals surface area contributed by atoms with Crippen LogP contribution in [0, 0.1) is 5.41 Å². The van der Waals surface area contributed by atoms with Crippen LogP contribution in [-0.4, -0.2) is 11.6 Å². The molecule has 1 aromatic carbocycles. The highest BCUT2D eigenvalue weighted by atomic mass is 16.2. The third kappa shape index (κ3) is 1.63. The van der Waals surface area contributed by atoms with Gasteiger partial charge in [-0.15, -0.1) is 0 Å². The van der Waals surface area contributed by atoms with E-state index in [2.05, 4.69) is 0 Å². The average molecular weight is 212 g/mol. The van der Waals surface area contributed by atoms with Crippen molar-refractivity contribution < 1.29 is 9.59 Å². The van der Waals surface area contributed by atoms with Crippen molar-refractivity contribution >= 4 is 11.6 Å². The molecule has 2 heteroatoms. The third-order valence-electron chi connectivity index (χ3n) is 2.81. The first-order chi connectivity index (χ1) is 7.64. The van der Waals surface area contributed by atoms with Gasteiger partial charge >= 0.3 is 0 Å². The molecule has 0 saturated carbocycles. The van der Waals surface area contributed by atoms with Crippen molar-refractivity contribution in [1.82, 2.24) is 0 Å². The molecule has 1 aromatic rings. The van der Waals surface area contributed by atoms with Gasteiger partial charge in [-0.25, -0.2) is 0 Å². The SMILES string of the molecule is CC1(C(=O)c2ccccc2)C=CC=CC1=O. The summed E-state index contributed by atoms with van der Waals surface area (Å²) in [5.74, 6) is -0.317. The highest BCUT2D eigenvalue weighted by Crippen LogP contribution is 2.28. The van der Waals surface area contributed by atoms with E-state index in [1.54, 1.807) is 49.4 Å². The van der Waals surface area contributed by atoms with Crippen LogP contribution in [0.15, 0.2) is 54.6 Å². The van der Waals surface area contributed by atoms with Crippen molar-refractivity contribution in [3.05, 3.63) is 60.2 Å². The molecule has 0 aliphatic heterocycles. The van der Waals surface area contributed by atoms with Crippen molar-refractivity contribution in [2.24, 2.45) is 5.41 Å². The van der Waals surface area contributed by atoms with Gasteiger partial charge in [-0.2, -0.15) is 0 Å². The van der Waals surface area contributed by atoms with Crippen molar-refractivity contribution in [2.75, 3.05) is 0 Å². The van der Waals surface area contributed by atoms with E-state index in [9.17, 15) is 9.59 Å². The van der Waals surface area contributed by atoms with Crippen molar-refractivity contribution in [1.29, 1.82) is 0 Å². The molecule has 0 bridgehead atoms. The van der Waals surface area contributed by atoms with E-state index >= 15 is 0 Å². The first-order valence-corrected chi connectivity index (χ1v) is 5.15. The maximum atomic E-state index is 12.2. The molecule has 0 heterocycles. The van der Waals surface area contributed by atoms with Crippen LogP contribution in [-0.2, 0) is 4.79 Å². The highest BCUT2D eigenvalue weighted by molar-refractivity contribution is 6.19. The van der Waals surface area contributed by atoms with Gasteiger partial charge < -0.3 is 0 Å². The lowest BCUT2D eigenvalue weighted by Gasteiger charge is -2.23. The Morgan fingerprint density at radius 2 is 1.81 bits per heavy atom. The summed E-state index contributed by atoms with van der Waals surface area (Å²) in [7, 11) is 0. The van der Waals surface area contributed by atoms with Crippen LogP contribution < -0.4 is 0 Å². The predicted molar refractivity (Wildman–Crippen MR) is 62.2 cm³/mol. The maximum Gasteiger partial charge on any atom is 0.180 e. The van der Waals surface area contributed by atoms with Gasteiger partial charge in [0.25, 0.3) is 0 Å². The van der Waals surface area contributed by atoms with Crippen LogP contribution in [0.25, 0.3) is 0 Å². The molecule has 0 saturated heterocycles. The molecule has 0 radical (unpaired) electrons. The molecule has 0 spiro atoms. The molecule has 0 amide bonds. The predicted octanol–water partition coefficient (Wildman–Crippen LogP) is 2.57. The van der Waals surface area contributed by atoms with Gasteiger partial charge in [0.1, 0.15) is 5.41 Å². The molecule has 1 unspecified atom stereocenters. The van der Waals surface area contributed by atoms with Crippen LogP contribution >= 0.6 is 0 Å². The van der Waals surface area contributed by atoms with Gasteiger partial charge in [0.2, 0.25) is 0 Å². The van der Waals surface area contributed by atoms with E-state index in [1.165, 1.54) is 6.08 Å². The van der Waals surface area contributed by atoms with Crippen LogP contribution in [0.1, 0.15) is 17.3 Å². The number of rotatable bonds is 2. The number of carbonyl (C=O) groups excluding carboxylic acids is 2. The third-order valence-corrected chi connectivity index (χ3v) is 2.81. The quantitative estimate of drug-likeness (QED) is 0.557. The summed E-state index contributed by atoms with van der Waals surface area (Å²) >= 11 is 0. The van der Waals surface area contributed by atoms with Gasteiger partial charge in [0, 0.05) is 5.56 Å². The Labute approximate surface area is 94.3 Å². The first-order valence-electron chi connectivity index (χ1n) is 5.15. The molecular formula is C14H12O2. The Kier molecular flexibility index (Phi) is 2.57. The molecule has 0 N–H and O–H groups in total. The fourth-order valence-corrected chi connectivity index (χ4v) is 1.72. The lowest BCUT2D eigenvalue weighted by Crippen LogP contribution is -2.34. The van der Waals surface area contributed by atoms with Crippen LogP contribution in [0.4, 0.5) is 0 Å². The summed E-state index contributed by atoms with van der Waals surface area (Å²) in [6.07, 6.45) is 6.50. The van der Waals surface area contributed by atoms with Gasteiger partial charge in [-0.05, 0) is 13.0 Å². The fraction of sp³-hybridized carbons (Fsp3) is 0.143. The van der Waals surface area contributed by atoms with Crippen LogP contribution in [0.5, 0.6) is 0 Å². The van der Waals surface area contributed by atoms with E-state index in [1.807, 2.05) is 6.07 Å². The molecule has 1 atom stereocenters. The van der Waals surface area contributed by atoms with E-state index in [0.717, 1.165) is 0 Å². The second kappa shape index (κ2) is 3.89.